The standard InChI is InChI=1S/C21H21NO3/c1-14(2)13-24-17-9-6-8-16(11-17)12-19-21(23)25-20(22-19)18-10-5-4-7-15(18)3/h4-12,14H,13H2,1-3H3/b19-12-. The van der Waals surface area contributed by atoms with E-state index < -0.39 is 5.97 Å². The van der Waals surface area contributed by atoms with Crippen molar-refractivity contribution in [3.8, 4) is 5.75 Å². The third-order valence-corrected chi connectivity index (χ3v) is 3.74. The predicted octanol–water partition coefficient (Wildman–Crippen LogP) is 4.37. The highest BCUT2D eigenvalue weighted by molar-refractivity contribution is 6.13. The van der Waals surface area contributed by atoms with Crippen LogP contribution in [0.4, 0.5) is 0 Å². The second-order valence-corrected chi connectivity index (χ2v) is 6.43. The summed E-state index contributed by atoms with van der Waals surface area (Å²) >= 11 is 0. The lowest BCUT2D eigenvalue weighted by Crippen LogP contribution is -2.06. The number of carbonyl (C=O) groups is 1. The molecule has 128 valence electrons. The summed E-state index contributed by atoms with van der Waals surface area (Å²) in [5.74, 6) is 1.14. The van der Waals surface area contributed by atoms with E-state index in [0.29, 0.717) is 24.1 Å². The van der Waals surface area contributed by atoms with E-state index in [9.17, 15) is 4.79 Å². The van der Waals surface area contributed by atoms with Crippen molar-refractivity contribution < 1.29 is 14.3 Å². The average Bonchev–Trinajstić information content (AvgIpc) is 2.94. The monoisotopic (exact) mass is 335 g/mol. The molecule has 1 aliphatic heterocycles. The number of nitrogens with zero attached hydrogens (tertiary/aromatic N) is 1. The molecule has 0 unspecified atom stereocenters. The van der Waals surface area contributed by atoms with Crippen LogP contribution < -0.4 is 4.74 Å². The second-order valence-electron chi connectivity index (χ2n) is 6.43. The van der Waals surface area contributed by atoms with Crippen molar-refractivity contribution in [1.82, 2.24) is 0 Å². The molecule has 4 heteroatoms. The minimum absolute atomic E-state index is 0.291. The molecule has 0 radical (unpaired) electrons. The molecule has 0 saturated heterocycles. The Morgan fingerprint density at radius 1 is 1.16 bits per heavy atom. The van der Waals surface area contributed by atoms with Crippen molar-refractivity contribution in [3.05, 3.63) is 70.9 Å². The third-order valence-electron chi connectivity index (χ3n) is 3.74. The SMILES string of the molecule is Cc1ccccc1C1=N/C(=C\c2cccc(OCC(C)C)c2)C(=O)O1. The lowest BCUT2D eigenvalue weighted by molar-refractivity contribution is -0.129. The van der Waals surface area contributed by atoms with Crippen LogP contribution >= 0.6 is 0 Å². The molecular weight excluding hydrogens is 314 g/mol. The molecule has 0 atom stereocenters. The number of hydrogen-bond acceptors (Lipinski definition) is 4. The summed E-state index contributed by atoms with van der Waals surface area (Å²) in [7, 11) is 0. The molecule has 0 amide bonds. The van der Waals surface area contributed by atoms with E-state index in [-0.39, 0.29) is 0 Å². The number of esters is 1. The normalized spacial score (nSPS) is 15.4. The summed E-state index contributed by atoms with van der Waals surface area (Å²) in [6.45, 7) is 6.81. The fraction of sp³-hybridized carbons (Fsp3) is 0.238. The first kappa shape index (κ1) is 17.0. The molecule has 0 saturated carbocycles. The van der Waals surface area contributed by atoms with E-state index in [1.165, 1.54) is 0 Å². The number of hydrogen-bond donors (Lipinski definition) is 0. The first-order chi connectivity index (χ1) is 12.0. The van der Waals surface area contributed by atoms with Crippen molar-refractivity contribution in [3.63, 3.8) is 0 Å². The smallest absolute Gasteiger partial charge is 0.363 e. The lowest BCUT2D eigenvalue weighted by Gasteiger charge is -2.08. The molecule has 2 aromatic carbocycles. The fourth-order valence-corrected chi connectivity index (χ4v) is 2.45. The minimum Gasteiger partial charge on any atom is -0.493 e. The molecule has 0 bridgehead atoms. The van der Waals surface area contributed by atoms with Crippen LogP contribution in [0.15, 0.2) is 59.2 Å². The average molecular weight is 335 g/mol. The highest BCUT2D eigenvalue weighted by Gasteiger charge is 2.24. The Bertz CT molecular complexity index is 850. The topological polar surface area (TPSA) is 47.9 Å². The summed E-state index contributed by atoms with van der Waals surface area (Å²) < 4.78 is 11.1. The van der Waals surface area contributed by atoms with Gasteiger partial charge in [0.2, 0.25) is 5.90 Å². The number of benzene rings is 2. The van der Waals surface area contributed by atoms with Gasteiger partial charge in [0, 0.05) is 5.56 Å². The van der Waals surface area contributed by atoms with E-state index in [2.05, 4.69) is 18.8 Å². The van der Waals surface area contributed by atoms with Gasteiger partial charge in [-0.1, -0.05) is 44.2 Å². The van der Waals surface area contributed by atoms with Crippen LogP contribution in [0.3, 0.4) is 0 Å². The molecule has 4 nitrogen and oxygen atoms in total. The Hall–Kier alpha value is -2.88. The van der Waals surface area contributed by atoms with Gasteiger partial charge in [0.25, 0.3) is 0 Å². The van der Waals surface area contributed by atoms with Gasteiger partial charge in [0.1, 0.15) is 5.75 Å². The van der Waals surface area contributed by atoms with Gasteiger partial charge in [-0.05, 0) is 48.2 Å². The Labute approximate surface area is 147 Å². The Balaban J connectivity index is 1.85. The molecule has 3 rings (SSSR count). The van der Waals surface area contributed by atoms with Crippen LogP contribution in [0.1, 0.15) is 30.5 Å². The molecule has 0 fully saturated rings. The number of ether oxygens (including phenoxy) is 2. The van der Waals surface area contributed by atoms with E-state index in [1.54, 1.807) is 6.08 Å². The quantitative estimate of drug-likeness (QED) is 0.602. The number of carbonyl (C=O) groups excluding carboxylic acids is 1. The van der Waals surface area contributed by atoms with Crippen LogP contribution in [0.5, 0.6) is 5.75 Å². The molecule has 25 heavy (non-hydrogen) atoms. The van der Waals surface area contributed by atoms with Crippen LogP contribution in [-0.2, 0) is 9.53 Å². The van der Waals surface area contributed by atoms with Gasteiger partial charge in [-0.25, -0.2) is 9.79 Å². The molecule has 0 aliphatic carbocycles. The lowest BCUT2D eigenvalue weighted by atomic mass is 10.1. The predicted molar refractivity (Wildman–Crippen MR) is 98.6 cm³/mol. The first-order valence-electron chi connectivity index (χ1n) is 8.34. The fourth-order valence-electron chi connectivity index (χ4n) is 2.45. The van der Waals surface area contributed by atoms with Crippen molar-refractivity contribution in [2.24, 2.45) is 10.9 Å². The number of rotatable bonds is 5. The van der Waals surface area contributed by atoms with Gasteiger partial charge in [0.15, 0.2) is 5.70 Å². The Morgan fingerprint density at radius 3 is 2.72 bits per heavy atom. The largest absolute Gasteiger partial charge is 0.493 e. The number of cyclic esters (lactones) is 1. The molecule has 2 aromatic rings. The number of aryl methyl sites for hydroxylation is 1. The van der Waals surface area contributed by atoms with Crippen LogP contribution in [0.25, 0.3) is 6.08 Å². The summed E-state index contributed by atoms with van der Waals surface area (Å²) in [6.07, 6.45) is 1.72. The summed E-state index contributed by atoms with van der Waals surface area (Å²) in [6, 6.07) is 15.3. The van der Waals surface area contributed by atoms with Gasteiger partial charge in [0.05, 0.1) is 6.61 Å². The highest BCUT2D eigenvalue weighted by atomic mass is 16.6. The van der Waals surface area contributed by atoms with E-state index in [1.807, 2.05) is 55.5 Å². The first-order valence-corrected chi connectivity index (χ1v) is 8.34. The van der Waals surface area contributed by atoms with Crippen molar-refractivity contribution in [2.45, 2.75) is 20.8 Å². The third kappa shape index (κ3) is 4.15. The van der Waals surface area contributed by atoms with Gasteiger partial charge < -0.3 is 9.47 Å². The van der Waals surface area contributed by atoms with Crippen molar-refractivity contribution in [2.75, 3.05) is 6.61 Å². The highest BCUT2D eigenvalue weighted by Crippen LogP contribution is 2.22. The Morgan fingerprint density at radius 2 is 1.96 bits per heavy atom. The van der Waals surface area contributed by atoms with E-state index in [0.717, 1.165) is 22.4 Å². The van der Waals surface area contributed by atoms with Crippen molar-refractivity contribution >= 4 is 17.9 Å². The maximum atomic E-state index is 12.1. The second kappa shape index (κ2) is 7.34. The van der Waals surface area contributed by atoms with Crippen LogP contribution in [-0.4, -0.2) is 18.5 Å². The summed E-state index contributed by atoms with van der Waals surface area (Å²) in [5, 5.41) is 0. The zero-order valence-corrected chi connectivity index (χ0v) is 14.7. The maximum Gasteiger partial charge on any atom is 0.363 e. The van der Waals surface area contributed by atoms with Gasteiger partial charge in [-0.15, -0.1) is 0 Å². The molecule has 1 heterocycles. The Kier molecular flexibility index (Phi) is 4.98. The summed E-state index contributed by atoms with van der Waals surface area (Å²) in [4.78, 5) is 16.5. The van der Waals surface area contributed by atoms with Crippen LogP contribution in [0, 0.1) is 12.8 Å². The zero-order chi connectivity index (χ0) is 17.8. The molecule has 0 aromatic heterocycles. The number of aliphatic imine (C=N–C) groups is 1. The van der Waals surface area contributed by atoms with Crippen LogP contribution in [0.2, 0.25) is 0 Å². The molecule has 0 spiro atoms. The van der Waals surface area contributed by atoms with Gasteiger partial charge in [-0.2, -0.15) is 0 Å². The zero-order valence-electron chi connectivity index (χ0n) is 14.7. The van der Waals surface area contributed by atoms with Crippen molar-refractivity contribution in [1.29, 1.82) is 0 Å². The van der Waals surface area contributed by atoms with Gasteiger partial charge >= 0.3 is 5.97 Å². The molecular formula is C21H21NO3. The molecule has 1 aliphatic rings. The summed E-state index contributed by atoms with van der Waals surface area (Å²) in [5.41, 5.74) is 2.98. The van der Waals surface area contributed by atoms with Gasteiger partial charge in [-0.3, -0.25) is 0 Å². The molecule has 0 N–H and O–H groups in total. The van der Waals surface area contributed by atoms with E-state index >= 15 is 0 Å². The minimum atomic E-state index is -0.438. The maximum absolute atomic E-state index is 12.1. The van der Waals surface area contributed by atoms with E-state index in [4.69, 9.17) is 9.47 Å².